The Bertz CT molecular complexity index is 887. The van der Waals surface area contributed by atoms with Crippen molar-refractivity contribution in [3.8, 4) is 11.8 Å². The zero-order valence-corrected chi connectivity index (χ0v) is 13.6. The number of anilines is 1. The lowest BCUT2D eigenvalue weighted by Gasteiger charge is -2.13. The Kier molecular flexibility index (Phi) is 4.95. The predicted molar refractivity (Wildman–Crippen MR) is 90.4 cm³/mol. The van der Waals surface area contributed by atoms with Crippen molar-refractivity contribution in [2.24, 2.45) is 0 Å². The third-order valence-electron chi connectivity index (χ3n) is 3.61. The molecule has 0 aliphatic carbocycles. The van der Waals surface area contributed by atoms with Crippen molar-refractivity contribution in [1.29, 1.82) is 5.26 Å². The topological polar surface area (TPSA) is 71.1 Å². The average molecular weight is 337 g/mol. The molecule has 3 rings (SSSR count). The zero-order chi connectivity index (χ0) is 17.6. The summed E-state index contributed by atoms with van der Waals surface area (Å²) in [4.78, 5) is 4.08. The summed E-state index contributed by atoms with van der Waals surface area (Å²) in [5, 5.41) is 12.4. The molecular formula is C19H16FN3O2. The first-order chi connectivity index (χ1) is 12.2. The van der Waals surface area contributed by atoms with E-state index in [1.165, 1.54) is 12.1 Å². The molecule has 0 fully saturated rings. The molecule has 1 N–H and O–H groups in total. The first-order valence-electron chi connectivity index (χ1n) is 7.76. The largest absolute Gasteiger partial charge is 0.481 e. The Morgan fingerprint density at radius 2 is 1.92 bits per heavy atom. The molecule has 1 atom stereocenters. The lowest BCUT2D eigenvalue weighted by Crippen LogP contribution is -2.06. The number of para-hydroxylation sites is 1. The summed E-state index contributed by atoms with van der Waals surface area (Å²) in [7, 11) is 0. The predicted octanol–water partition coefficient (Wildman–Crippen LogP) is 4.44. The lowest BCUT2D eigenvalue weighted by atomic mass is 10.1. The summed E-state index contributed by atoms with van der Waals surface area (Å²) in [6.07, 6.45) is 0. The highest BCUT2D eigenvalue weighted by Gasteiger charge is 2.16. The van der Waals surface area contributed by atoms with Crippen LogP contribution in [0.1, 0.15) is 30.1 Å². The van der Waals surface area contributed by atoms with Gasteiger partial charge in [0, 0.05) is 0 Å². The number of rotatable bonds is 6. The minimum atomic E-state index is -0.467. The fraction of sp³-hybridized carbons (Fsp3) is 0.158. The second-order valence-corrected chi connectivity index (χ2v) is 5.39. The van der Waals surface area contributed by atoms with Crippen LogP contribution in [-0.4, -0.2) is 4.98 Å². The number of nitriles is 1. The first kappa shape index (κ1) is 16.5. The molecule has 126 valence electrons. The van der Waals surface area contributed by atoms with Gasteiger partial charge in [0.15, 0.2) is 18.2 Å². The molecule has 0 aliphatic rings. The number of hydrogen-bond acceptors (Lipinski definition) is 5. The van der Waals surface area contributed by atoms with Gasteiger partial charge in [0.1, 0.15) is 6.07 Å². The summed E-state index contributed by atoms with van der Waals surface area (Å²) in [5.41, 5.74) is 1.18. The number of benzene rings is 2. The van der Waals surface area contributed by atoms with Crippen LogP contribution in [0.2, 0.25) is 0 Å². The number of halogens is 1. The van der Waals surface area contributed by atoms with Crippen LogP contribution >= 0.6 is 0 Å². The van der Waals surface area contributed by atoms with E-state index >= 15 is 0 Å². The van der Waals surface area contributed by atoms with E-state index in [0.29, 0.717) is 0 Å². The van der Waals surface area contributed by atoms with Gasteiger partial charge in [0.05, 0.1) is 6.04 Å². The van der Waals surface area contributed by atoms with E-state index in [1.807, 2.05) is 43.3 Å². The summed E-state index contributed by atoms with van der Waals surface area (Å²) in [5.74, 6) is 0.102. The van der Waals surface area contributed by atoms with Gasteiger partial charge in [-0.25, -0.2) is 4.39 Å². The van der Waals surface area contributed by atoms with E-state index < -0.39 is 5.82 Å². The number of nitrogens with zero attached hydrogens (tertiary/aromatic N) is 2. The first-order valence-corrected chi connectivity index (χ1v) is 7.76. The standard InChI is InChI=1S/C19H16FN3O2/c1-13(14-7-3-2-4-8-14)22-19-16(11-21)23-18(25-19)12-24-17-10-6-5-9-15(17)20/h2-10,13,22H,12H2,1H3/t13-/m1/s1. The maximum absolute atomic E-state index is 13.6. The van der Waals surface area contributed by atoms with E-state index in [2.05, 4.69) is 10.3 Å². The summed E-state index contributed by atoms with van der Waals surface area (Å²) in [6.45, 7) is 1.88. The van der Waals surface area contributed by atoms with Crippen LogP contribution in [-0.2, 0) is 6.61 Å². The van der Waals surface area contributed by atoms with Gasteiger partial charge >= 0.3 is 0 Å². The van der Waals surface area contributed by atoms with Crippen molar-refractivity contribution in [3.05, 3.63) is 77.6 Å². The van der Waals surface area contributed by atoms with Gasteiger partial charge in [0.2, 0.25) is 17.5 Å². The zero-order valence-electron chi connectivity index (χ0n) is 13.6. The third kappa shape index (κ3) is 3.96. The molecule has 1 aromatic heterocycles. The van der Waals surface area contributed by atoms with Gasteiger partial charge < -0.3 is 14.5 Å². The Hall–Kier alpha value is -3.33. The maximum Gasteiger partial charge on any atom is 0.236 e. The van der Waals surface area contributed by atoms with Crippen molar-refractivity contribution >= 4 is 5.88 Å². The minimum absolute atomic E-state index is 0.0680. The molecule has 0 saturated carbocycles. The molecule has 0 spiro atoms. The van der Waals surface area contributed by atoms with Gasteiger partial charge in [-0.1, -0.05) is 42.5 Å². The monoisotopic (exact) mass is 337 g/mol. The minimum Gasteiger partial charge on any atom is -0.481 e. The van der Waals surface area contributed by atoms with Crippen LogP contribution in [0.15, 0.2) is 59.0 Å². The Labute approximate surface area is 144 Å². The van der Waals surface area contributed by atoms with Crippen LogP contribution in [0.4, 0.5) is 10.3 Å². The highest BCUT2D eigenvalue weighted by Crippen LogP contribution is 2.24. The normalized spacial score (nSPS) is 11.6. The molecule has 0 bridgehead atoms. The summed E-state index contributed by atoms with van der Waals surface area (Å²) in [6, 6.07) is 17.7. The molecule has 0 saturated heterocycles. The number of oxazole rings is 1. The van der Waals surface area contributed by atoms with E-state index in [1.54, 1.807) is 12.1 Å². The highest BCUT2D eigenvalue weighted by molar-refractivity contribution is 5.47. The highest BCUT2D eigenvalue weighted by atomic mass is 19.1. The molecule has 0 amide bonds. The fourth-order valence-electron chi connectivity index (χ4n) is 2.32. The SMILES string of the molecule is C[C@@H](Nc1oc(COc2ccccc2F)nc1C#N)c1ccccc1. The quantitative estimate of drug-likeness (QED) is 0.720. The Morgan fingerprint density at radius 3 is 2.64 bits per heavy atom. The molecular weight excluding hydrogens is 321 g/mol. The number of hydrogen-bond donors (Lipinski definition) is 1. The van der Waals surface area contributed by atoms with E-state index in [4.69, 9.17) is 9.15 Å². The van der Waals surface area contributed by atoms with Gasteiger partial charge in [-0.2, -0.15) is 10.2 Å². The molecule has 5 nitrogen and oxygen atoms in total. The van der Waals surface area contributed by atoms with Crippen LogP contribution in [0.5, 0.6) is 5.75 Å². The third-order valence-corrected chi connectivity index (χ3v) is 3.61. The van der Waals surface area contributed by atoms with Gasteiger partial charge in [0.25, 0.3) is 0 Å². The van der Waals surface area contributed by atoms with Gasteiger partial charge in [-0.3, -0.25) is 0 Å². The molecule has 0 aliphatic heterocycles. The van der Waals surface area contributed by atoms with Crippen LogP contribution in [0.3, 0.4) is 0 Å². The molecule has 0 radical (unpaired) electrons. The maximum atomic E-state index is 13.6. The Balaban J connectivity index is 1.71. The van der Waals surface area contributed by atoms with Crippen molar-refractivity contribution in [1.82, 2.24) is 4.98 Å². The number of ether oxygens (including phenoxy) is 1. The molecule has 2 aromatic carbocycles. The molecule has 6 heteroatoms. The number of aromatic nitrogens is 1. The summed E-state index contributed by atoms with van der Waals surface area (Å²) < 4.78 is 24.5. The van der Waals surface area contributed by atoms with E-state index in [9.17, 15) is 9.65 Å². The summed E-state index contributed by atoms with van der Waals surface area (Å²) >= 11 is 0. The van der Waals surface area contributed by atoms with Crippen molar-refractivity contribution in [2.45, 2.75) is 19.6 Å². The van der Waals surface area contributed by atoms with Crippen LogP contribution in [0, 0.1) is 17.1 Å². The lowest BCUT2D eigenvalue weighted by molar-refractivity contribution is 0.253. The molecule has 25 heavy (non-hydrogen) atoms. The van der Waals surface area contributed by atoms with Crippen LogP contribution < -0.4 is 10.1 Å². The fourth-order valence-corrected chi connectivity index (χ4v) is 2.32. The smallest absolute Gasteiger partial charge is 0.236 e. The molecule has 0 unspecified atom stereocenters. The van der Waals surface area contributed by atoms with E-state index in [-0.39, 0.29) is 35.9 Å². The van der Waals surface area contributed by atoms with Gasteiger partial charge in [-0.15, -0.1) is 0 Å². The van der Waals surface area contributed by atoms with Gasteiger partial charge in [-0.05, 0) is 24.6 Å². The number of nitrogens with one attached hydrogen (secondary N) is 1. The second-order valence-electron chi connectivity index (χ2n) is 5.39. The van der Waals surface area contributed by atoms with Crippen LogP contribution in [0.25, 0.3) is 0 Å². The molecule has 1 heterocycles. The van der Waals surface area contributed by atoms with Crippen molar-refractivity contribution in [3.63, 3.8) is 0 Å². The molecule has 3 aromatic rings. The average Bonchev–Trinajstić information content (AvgIpc) is 3.03. The Morgan fingerprint density at radius 1 is 1.20 bits per heavy atom. The van der Waals surface area contributed by atoms with Crippen molar-refractivity contribution < 1.29 is 13.5 Å². The second kappa shape index (κ2) is 7.49. The van der Waals surface area contributed by atoms with E-state index in [0.717, 1.165) is 5.56 Å². The van der Waals surface area contributed by atoms with Crippen molar-refractivity contribution in [2.75, 3.05) is 5.32 Å².